The molecule has 5 heteroatoms. The highest BCUT2D eigenvalue weighted by Gasteiger charge is 2.07. The Kier molecular flexibility index (Phi) is 13.7. The Morgan fingerprint density at radius 2 is 1.80 bits per heavy atom. The topological polar surface area (TPSA) is 60.8 Å². The van der Waals surface area contributed by atoms with E-state index >= 15 is 0 Å². The summed E-state index contributed by atoms with van der Waals surface area (Å²) in [6.07, 6.45) is 0.859. The zero-order chi connectivity index (χ0) is 14.7. The van der Waals surface area contributed by atoms with Gasteiger partial charge in [0.15, 0.2) is 0 Å². The summed E-state index contributed by atoms with van der Waals surface area (Å²) in [6, 6.07) is 10.6. The van der Waals surface area contributed by atoms with Crippen LogP contribution in [0.5, 0.6) is 0 Å². The molecule has 0 spiro atoms. The highest BCUT2D eigenvalue weighted by molar-refractivity contribution is 5.85. The lowest BCUT2D eigenvalue weighted by atomic mass is 10.0. The van der Waals surface area contributed by atoms with Crippen LogP contribution in [0.1, 0.15) is 31.7 Å². The minimum Gasteiger partial charge on any atom is -0.481 e. The molecule has 1 unspecified atom stereocenters. The number of halogens is 1. The van der Waals surface area contributed by atoms with Gasteiger partial charge in [-0.05, 0) is 24.9 Å². The first-order valence-electron chi connectivity index (χ1n) is 6.51. The molecule has 2 N–H and O–H groups in total. The van der Waals surface area contributed by atoms with Crippen LogP contribution in [0.3, 0.4) is 0 Å². The minimum atomic E-state index is -0.833. The zero-order valence-electron chi connectivity index (χ0n) is 12.5. The van der Waals surface area contributed by atoms with Crippen molar-refractivity contribution in [2.75, 3.05) is 26.7 Å². The van der Waals surface area contributed by atoms with Crippen LogP contribution in [0.4, 0.5) is 0 Å². The average molecular weight is 304 g/mol. The van der Waals surface area contributed by atoms with E-state index in [1.54, 1.807) is 0 Å². The number of hydrogen-bond acceptors (Lipinski definition) is 3. The van der Waals surface area contributed by atoms with Crippen molar-refractivity contribution in [3.05, 3.63) is 35.9 Å². The molecule has 0 saturated carbocycles. The normalized spacial score (nSPS) is 11.1. The first-order chi connectivity index (χ1) is 8.97. The fourth-order valence-corrected chi connectivity index (χ4v) is 1.79. The van der Waals surface area contributed by atoms with Gasteiger partial charge in [0.25, 0.3) is 5.97 Å². The Hall–Kier alpha value is -1.10. The van der Waals surface area contributed by atoms with Crippen LogP contribution in [0, 0.1) is 0 Å². The Labute approximate surface area is 127 Å². The van der Waals surface area contributed by atoms with Crippen molar-refractivity contribution in [1.82, 2.24) is 4.90 Å². The summed E-state index contributed by atoms with van der Waals surface area (Å²) in [5.41, 5.74) is 1.38. The summed E-state index contributed by atoms with van der Waals surface area (Å²) >= 11 is 0. The lowest BCUT2D eigenvalue weighted by Crippen LogP contribution is -2.25. The molecule has 0 heterocycles. The summed E-state index contributed by atoms with van der Waals surface area (Å²) in [6.45, 7) is 5.62. The molecule has 0 aliphatic carbocycles. The maximum absolute atomic E-state index is 9.00. The summed E-state index contributed by atoms with van der Waals surface area (Å²) < 4.78 is 0. The SMILES string of the molecule is CC(=O)O.CC(CN(C)CCCO)c1ccccc1.Cl. The van der Waals surface area contributed by atoms with Gasteiger partial charge in [0.2, 0.25) is 0 Å². The zero-order valence-corrected chi connectivity index (χ0v) is 13.3. The van der Waals surface area contributed by atoms with Crippen LogP contribution >= 0.6 is 12.4 Å². The standard InChI is InChI=1S/C13H21NO.C2H4O2.ClH/c1-12(11-14(2)9-6-10-15)13-7-4-3-5-8-13;1-2(3)4;/h3-5,7-8,12,15H,6,9-11H2,1-2H3;1H3,(H,3,4);1H. The number of carbonyl (C=O) groups is 1. The van der Waals surface area contributed by atoms with Gasteiger partial charge in [-0.15, -0.1) is 12.4 Å². The summed E-state index contributed by atoms with van der Waals surface area (Å²) in [5.74, 6) is -0.283. The number of nitrogens with zero attached hydrogens (tertiary/aromatic N) is 1. The molecular weight excluding hydrogens is 278 g/mol. The second-order valence-corrected chi connectivity index (χ2v) is 4.67. The van der Waals surface area contributed by atoms with Crippen LogP contribution in [-0.4, -0.2) is 47.8 Å². The summed E-state index contributed by atoms with van der Waals surface area (Å²) in [7, 11) is 2.11. The van der Waals surface area contributed by atoms with E-state index < -0.39 is 5.97 Å². The maximum atomic E-state index is 9.00. The minimum absolute atomic E-state index is 0. The first kappa shape index (κ1) is 21.2. The number of hydrogen-bond donors (Lipinski definition) is 2. The molecule has 0 bridgehead atoms. The molecule has 0 radical (unpaired) electrons. The van der Waals surface area contributed by atoms with Crippen molar-refractivity contribution >= 4 is 18.4 Å². The van der Waals surface area contributed by atoms with Crippen LogP contribution < -0.4 is 0 Å². The van der Waals surface area contributed by atoms with Gasteiger partial charge in [0, 0.05) is 26.6 Å². The van der Waals surface area contributed by atoms with Crippen molar-refractivity contribution in [1.29, 1.82) is 0 Å². The van der Waals surface area contributed by atoms with E-state index in [2.05, 4.69) is 43.1 Å². The lowest BCUT2D eigenvalue weighted by molar-refractivity contribution is -0.134. The number of likely N-dealkylation sites (N-methyl/N-ethyl adjacent to an activating group) is 1. The van der Waals surface area contributed by atoms with Gasteiger partial charge < -0.3 is 15.1 Å². The molecule has 1 aromatic rings. The van der Waals surface area contributed by atoms with E-state index in [9.17, 15) is 0 Å². The number of aliphatic hydroxyl groups is 1. The maximum Gasteiger partial charge on any atom is 0.300 e. The monoisotopic (exact) mass is 303 g/mol. The largest absolute Gasteiger partial charge is 0.481 e. The van der Waals surface area contributed by atoms with E-state index in [0.717, 1.165) is 26.4 Å². The predicted octanol–water partition coefficient (Wildman–Crippen LogP) is 2.62. The predicted molar refractivity (Wildman–Crippen MR) is 84.6 cm³/mol. The molecule has 0 saturated heterocycles. The fourth-order valence-electron chi connectivity index (χ4n) is 1.79. The van der Waals surface area contributed by atoms with Gasteiger partial charge in [-0.1, -0.05) is 37.3 Å². The summed E-state index contributed by atoms with van der Waals surface area (Å²) in [4.78, 5) is 11.3. The molecule has 1 rings (SSSR count). The molecule has 4 nitrogen and oxygen atoms in total. The lowest BCUT2D eigenvalue weighted by Gasteiger charge is -2.21. The fraction of sp³-hybridized carbons (Fsp3) is 0.533. The molecule has 0 aromatic heterocycles. The number of carboxylic acids is 1. The molecule has 1 atom stereocenters. The van der Waals surface area contributed by atoms with E-state index in [1.807, 2.05) is 6.07 Å². The van der Waals surface area contributed by atoms with Crippen molar-refractivity contribution in [3.8, 4) is 0 Å². The summed E-state index contributed by atoms with van der Waals surface area (Å²) in [5, 5.41) is 16.2. The Balaban J connectivity index is 0. The Bertz CT molecular complexity index is 342. The van der Waals surface area contributed by atoms with Crippen molar-refractivity contribution in [3.63, 3.8) is 0 Å². The third-order valence-corrected chi connectivity index (χ3v) is 2.65. The third kappa shape index (κ3) is 12.0. The molecule has 20 heavy (non-hydrogen) atoms. The smallest absolute Gasteiger partial charge is 0.300 e. The first-order valence-corrected chi connectivity index (χ1v) is 6.51. The van der Waals surface area contributed by atoms with Gasteiger partial charge in [-0.3, -0.25) is 4.79 Å². The van der Waals surface area contributed by atoms with E-state index in [0.29, 0.717) is 5.92 Å². The molecule has 0 amide bonds. The van der Waals surface area contributed by atoms with E-state index in [-0.39, 0.29) is 19.0 Å². The van der Waals surface area contributed by atoms with Crippen molar-refractivity contribution < 1.29 is 15.0 Å². The van der Waals surface area contributed by atoms with Crippen molar-refractivity contribution in [2.24, 2.45) is 0 Å². The van der Waals surface area contributed by atoms with Crippen molar-refractivity contribution in [2.45, 2.75) is 26.2 Å². The van der Waals surface area contributed by atoms with E-state index in [1.165, 1.54) is 5.56 Å². The molecule has 0 fully saturated rings. The average Bonchev–Trinajstić information content (AvgIpc) is 2.36. The Morgan fingerprint density at radius 3 is 2.25 bits per heavy atom. The van der Waals surface area contributed by atoms with Crippen LogP contribution in [0.15, 0.2) is 30.3 Å². The van der Waals surface area contributed by atoms with Gasteiger partial charge in [0.05, 0.1) is 0 Å². The van der Waals surface area contributed by atoms with Gasteiger partial charge in [-0.25, -0.2) is 0 Å². The van der Waals surface area contributed by atoms with E-state index in [4.69, 9.17) is 15.0 Å². The Morgan fingerprint density at radius 1 is 1.30 bits per heavy atom. The second kappa shape index (κ2) is 12.9. The molecule has 1 aromatic carbocycles. The molecule has 0 aliphatic rings. The highest BCUT2D eigenvalue weighted by atomic mass is 35.5. The van der Waals surface area contributed by atoms with Gasteiger partial charge in [-0.2, -0.15) is 0 Å². The number of benzene rings is 1. The molecule has 116 valence electrons. The quantitative estimate of drug-likeness (QED) is 0.848. The highest BCUT2D eigenvalue weighted by Crippen LogP contribution is 2.15. The van der Waals surface area contributed by atoms with Gasteiger partial charge >= 0.3 is 0 Å². The number of carboxylic acid groups (broad SMARTS) is 1. The van der Waals surface area contributed by atoms with Crippen LogP contribution in [0.2, 0.25) is 0 Å². The number of rotatable bonds is 6. The molecule has 0 aliphatic heterocycles. The van der Waals surface area contributed by atoms with Gasteiger partial charge in [0.1, 0.15) is 0 Å². The van der Waals surface area contributed by atoms with Crippen LogP contribution in [-0.2, 0) is 4.79 Å². The molecular formula is C15H26ClNO3. The number of aliphatic hydroxyl groups excluding tert-OH is 1. The second-order valence-electron chi connectivity index (χ2n) is 4.67. The number of aliphatic carboxylic acids is 1. The third-order valence-electron chi connectivity index (χ3n) is 2.65. The van der Waals surface area contributed by atoms with Crippen LogP contribution in [0.25, 0.3) is 0 Å².